The zero-order valence-electron chi connectivity index (χ0n) is 15.4. The highest BCUT2D eigenvalue weighted by molar-refractivity contribution is 7.92. The van der Waals surface area contributed by atoms with Gasteiger partial charge in [-0.3, -0.25) is 14.5 Å². The van der Waals surface area contributed by atoms with Crippen LogP contribution >= 0.6 is 0 Å². The summed E-state index contributed by atoms with van der Waals surface area (Å²) < 4.78 is 28.2. The average Bonchev–Trinajstić information content (AvgIpc) is 2.73. The Labute approximate surface area is 164 Å². The SMILES string of the molecule is CCc1ccccc1NS(=O)(=O)c1cccc(C(=O)NCc2ccncc2)c1. The van der Waals surface area contributed by atoms with Crippen LogP contribution in [0.15, 0.2) is 78.0 Å². The third-order valence-corrected chi connectivity index (χ3v) is 5.61. The topological polar surface area (TPSA) is 88.2 Å². The first kappa shape index (κ1) is 19.6. The van der Waals surface area contributed by atoms with Crippen LogP contribution in [0, 0.1) is 0 Å². The second kappa shape index (κ2) is 8.67. The highest BCUT2D eigenvalue weighted by atomic mass is 32.2. The molecule has 0 fully saturated rings. The summed E-state index contributed by atoms with van der Waals surface area (Å²) >= 11 is 0. The minimum Gasteiger partial charge on any atom is -0.348 e. The first-order valence-corrected chi connectivity index (χ1v) is 10.4. The summed E-state index contributed by atoms with van der Waals surface area (Å²) in [4.78, 5) is 16.4. The van der Waals surface area contributed by atoms with Crippen LogP contribution in [0.5, 0.6) is 0 Å². The van der Waals surface area contributed by atoms with E-state index in [1.165, 1.54) is 12.1 Å². The van der Waals surface area contributed by atoms with E-state index in [-0.39, 0.29) is 16.4 Å². The van der Waals surface area contributed by atoms with Crippen molar-refractivity contribution in [1.29, 1.82) is 0 Å². The number of para-hydroxylation sites is 1. The van der Waals surface area contributed by atoms with Crippen LogP contribution in [-0.4, -0.2) is 19.3 Å². The average molecular weight is 395 g/mol. The Hall–Kier alpha value is -3.19. The molecule has 0 aliphatic heterocycles. The van der Waals surface area contributed by atoms with E-state index in [0.29, 0.717) is 18.7 Å². The Morgan fingerprint density at radius 3 is 2.50 bits per heavy atom. The molecule has 6 nitrogen and oxygen atoms in total. The van der Waals surface area contributed by atoms with Gasteiger partial charge in [-0.15, -0.1) is 0 Å². The van der Waals surface area contributed by atoms with Crippen molar-refractivity contribution in [2.75, 3.05) is 4.72 Å². The molecule has 0 atom stereocenters. The number of benzene rings is 2. The molecule has 1 heterocycles. The van der Waals surface area contributed by atoms with Gasteiger partial charge in [0.1, 0.15) is 0 Å². The van der Waals surface area contributed by atoms with Gasteiger partial charge in [-0.05, 0) is 53.9 Å². The lowest BCUT2D eigenvalue weighted by atomic mass is 10.1. The number of anilines is 1. The third-order valence-electron chi connectivity index (χ3n) is 4.25. The minimum atomic E-state index is -3.81. The Morgan fingerprint density at radius 1 is 1.00 bits per heavy atom. The first-order valence-electron chi connectivity index (χ1n) is 8.87. The van der Waals surface area contributed by atoms with Gasteiger partial charge in [0.25, 0.3) is 15.9 Å². The molecule has 1 amide bonds. The molecule has 0 spiro atoms. The molecule has 3 aromatic rings. The Balaban J connectivity index is 1.77. The minimum absolute atomic E-state index is 0.0370. The molecule has 0 bridgehead atoms. The number of hydrogen-bond donors (Lipinski definition) is 2. The van der Waals surface area contributed by atoms with Gasteiger partial charge >= 0.3 is 0 Å². The van der Waals surface area contributed by atoms with Crippen molar-refractivity contribution in [2.24, 2.45) is 0 Å². The van der Waals surface area contributed by atoms with Crippen molar-refractivity contribution >= 4 is 21.6 Å². The van der Waals surface area contributed by atoms with Gasteiger partial charge in [-0.1, -0.05) is 31.2 Å². The molecule has 0 saturated heterocycles. The maximum absolute atomic E-state index is 12.8. The molecule has 1 aromatic heterocycles. The van der Waals surface area contributed by atoms with Crippen LogP contribution in [0.3, 0.4) is 0 Å². The molecular formula is C21H21N3O3S. The maximum atomic E-state index is 12.8. The van der Waals surface area contributed by atoms with Gasteiger partial charge in [0, 0.05) is 24.5 Å². The van der Waals surface area contributed by atoms with Gasteiger partial charge in [0.2, 0.25) is 0 Å². The van der Waals surface area contributed by atoms with E-state index in [4.69, 9.17) is 0 Å². The van der Waals surface area contributed by atoms with Crippen molar-refractivity contribution in [3.05, 3.63) is 89.7 Å². The van der Waals surface area contributed by atoms with Crippen LogP contribution in [0.4, 0.5) is 5.69 Å². The molecule has 3 rings (SSSR count). The second-order valence-electron chi connectivity index (χ2n) is 6.18. The van der Waals surface area contributed by atoms with E-state index in [2.05, 4.69) is 15.0 Å². The van der Waals surface area contributed by atoms with E-state index >= 15 is 0 Å². The number of hydrogen-bond acceptors (Lipinski definition) is 4. The fourth-order valence-corrected chi connectivity index (χ4v) is 3.87. The van der Waals surface area contributed by atoms with Gasteiger partial charge < -0.3 is 5.32 Å². The number of aryl methyl sites for hydroxylation is 1. The lowest BCUT2D eigenvalue weighted by Gasteiger charge is -2.12. The molecule has 2 aromatic carbocycles. The monoisotopic (exact) mass is 395 g/mol. The van der Waals surface area contributed by atoms with Crippen molar-refractivity contribution < 1.29 is 13.2 Å². The number of amides is 1. The third kappa shape index (κ3) is 4.75. The number of carbonyl (C=O) groups excluding carboxylic acids is 1. The van der Waals surface area contributed by atoms with Crippen LogP contribution in [-0.2, 0) is 23.0 Å². The van der Waals surface area contributed by atoms with E-state index in [0.717, 1.165) is 11.1 Å². The van der Waals surface area contributed by atoms with E-state index in [9.17, 15) is 13.2 Å². The van der Waals surface area contributed by atoms with Gasteiger partial charge in [0.05, 0.1) is 10.6 Å². The van der Waals surface area contributed by atoms with Crippen LogP contribution in [0.2, 0.25) is 0 Å². The molecule has 7 heteroatoms. The molecule has 28 heavy (non-hydrogen) atoms. The molecule has 2 N–H and O–H groups in total. The van der Waals surface area contributed by atoms with Crippen molar-refractivity contribution in [1.82, 2.24) is 10.3 Å². The molecule has 0 unspecified atom stereocenters. The number of nitrogens with zero attached hydrogens (tertiary/aromatic N) is 1. The lowest BCUT2D eigenvalue weighted by molar-refractivity contribution is 0.0950. The Kier molecular flexibility index (Phi) is 6.06. The maximum Gasteiger partial charge on any atom is 0.261 e. The van der Waals surface area contributed by atoms with Crippen molar-refractivity contribution in [3.8, 4) is 0 Å². The molecular weight excluding hydrogens is 374 g/mol. The number of sulfonamides is 1. The van der Waals surface area contributed by atoms with E-state index in [1.54, 1.807) is 48.8 Å². The number of aromatic nitrogens is 1. The standard InChI is InChI=1S/C21H21N3O3S/c1-2-17-6-3-4-9-20(17)24-28(26,27)19-8-5-7-18(14-19)21(25)23-15-16-10-12-22-13-11-16/h3-14,24H,2,15H2,1H3,(H,23,25). The summed E-state index contributed by atoms with van der Waals surface area (Å²) in [6.45, 7) is 2.29. The van der Waals surface area contributed by atoms with Gasteiger partial charge in [0.15, 0.2) is 0 Å². The second-order valence-corrected chi connectivity index (χ2v) is 7.86. The predicted octanol–water partition coefficient (Wildman–Crippen LogP) is 3.37. The van der Waals surface area contributed by atoms with Gasteiger partial charge in [-0.25, -0.2) is 8.42 Å². The number of carbonyl (C=O) groups is 1. The quantitative estimate of drug-likeness (QED) is 0.642. The van der Waals surface area contributed by atoms with E-state index in [1.807, 2.05) is 19.1 Å². The predicted molar refractivity (Wildman–Crippen MR) is 108 cm³/mol. The summed E-state index contributed by atoms with van der Waals surface area (Å²) in [5, 5.41) is 2.78. The Bertz CT molecular complexity index is 1070. The summed E-state index contributed by atoms with van der Waals surface area (Å²) in [5.74, 6) is -0.345. The number of pyridine rings is 1. The summed E-state index contributed by atoms with van der Waals surface area (Å²) in [7, 11) is -3.81. The van der Waals surface area contributed by atoms with E-state index < -0.39 is 10.0 Å². The molecule has 0 saturated carbocycles. The fraction of sp³-hybridized carbons (Fsp3) is 0.143. The number of nitrogens with one attached hydrogen (secondary N) is 2. The Morgan fingerprint density at radius 2 is 1.75 bits per heavy atom. The van der Waals surface area contributed by atoms with Crippen molar-refractivity contribution in [3.63, 3.8) is 0 Å². The molecule has 144 valence electrons. The zero-order valence-corrected chi connectivity index (χ0v) is 16.2. The van der Waals surface area contributed by atoms with Crippen LogP contribution in [0.25, 0.3) is 0 Å². The zero-order chi connectivity index (χ0) is 20.0. The smallest absolute Gasteiger partial charge is 0.261 e. The highest BCUT2D eigenvalue weighted by Gasteiger charge is 2.17. The van der Waals surface area contributed by atoms with Crippen molar-refractivity contribution in [2.45, 2.75) is 24.8 Å². The molecule has 0 aliphatic rings. The summed E-state index contributed by atoms with van der Waals surface area (Å²) in [6, 6.07) is 16.8. The number of rotatable bonds is 7. The first-order chi connectivity index (χ1) is 13.5. The molecule has 0 radical (unpaired) electrons. The molecule has 0 aliphatic carbocycles. The van der Waals surface area contributed by atoms with Gasteiger partial charge in [-0.2, -0.15) is 0 Å². The lowest BCUT2D eigenvalue weighted by Crippen LogP contribution is -2.23. The normalized spacial score (nSPS) is 11.0. The summed E-state index contributed by atoms with van der Waals surface area (Å²) in [5.41, 5.74) is 2.63. The largest absolute Gasteiger partial charge is 0.348 e. The fourth-order valence-electron chi connectivity index (χ4n) is 2.72. The summed E-state index contributed by atoms with van der Waals surface area (Å²) in [6.07, 6.45) is 4.00. The van der Waals surface area contributed by atoms with Crippen LogP contribution < -0.4 is 10.0 Å². The van der Waals surface area contributed by atoms with Crippen LogP contribution in [0.1, 0.15) is 28.4 Å². The highest BCUT2D eigenvalue weighted by Crippen LogP contribution is 2.21.